The molecule has 7 nitrogen and oxygen atoms in total. The lowest BCUT2D eigenvalue weighted by molar-refractivity contribution is -0.150. The third-order valence-corrected chi connectivity index (χ3v) is 4.40. The van der Waals surface area contributed by atoms with Gasteiger partial charge in [0.05, 0.1) is 11.1 Å². The molecular weight excluding hydrogens is 364 g/mol. The van der Waals surface area contributed by atoms with E-state index in [-0.39, 0.29) is 46.7 Å². The fourth-order valence-corrected chi connectivity index (χ4v) is 3.16. The van der Waals surface area contributed by atoms with Gasteiger partial charge < -0.3 is 10.2 Å². The number of ketones is 3. The lowest BCUT2D eigenvalue weighted by Gasteiger charge is -2.31. The van der Waals surface area contributed by atoms with Crippen LogP contribution >= 0.6 is 0 Å². The second-order valence-corrected chi connectivity index (χ2v) is 7.25. The van der Waals surface area contributed by atoms with Crippen LogP contribution in [0.25, 0.3) is 0 Å². The number of rotatable bonds is 8. The highest BCUT2D eigenvalue weighted by Crippen LogP contribution is 2.33. The molecule has 0 amide bonds. The van der Waals surface area contributed by atoms with Gasteiger partial charge in [0.25, 0.3) is 0 Å². The van der Waals surface area contributed by atoms with Gasteiger partial charge in [-0.3, -0.25) is 14.4 Å². The summed E-state index contributed by atoms with van der Waals surface area (Å²) < 4.78 is 0. The number of hydrogen-bond donors (Lipinski definition) is 2. The highest BCUT2D eigenvalue weighted by molar-refractivity contribution is 6.23. The summed E-state index contributed by atoms with van der Waals surface area (Å²) in [4.78, 5) is 56.5. The Balaban J connectivity index is 0.000000540. The van der Waals surface area contributed by atoms with E-state index in [4.69, 9.17) is 10.2 Å². The van der Waals surface area contributed by atoms with Crippen LogP contribution in [-0.4, -0.2) is 39.5 Å². The van der Waals surface area contributed by atoms with Crippen molar-refractivity contribution in [3.63, 3.8) is 0 Å². The van der Waals surface area contributed by atoms with E-state index in [2.05, 4.69) is 0 Å². The molecule has 0 aliphatic rings. The van der Waals surface area contributed by atoms with Gasteiger partial charge in [0.1, 0.15) is 5.41 Å². The molecule has 0 saturated carbocycles. The summed E-state index contributed by atoms with van der Waals surface area (Å²) in [5.41, 5.74) is -1.81. The van der Waals surface area contributed by atoms with Crippen LogP contribution in [0.4, 0.5) is 0 Å². The highest BCUT2D eigenvalue weighted by atomic mass is 16.4. The maximum absolute atomic E-state index is 12.2. The number of carboxylic acid groups (broad SMARTS) is 2. The average Bonchev–Trinajstić information content (AvgIpc) is 2.53. The van der Waals surface area contributed by atoms with Crippen molar-refractivity contribution in [2.75, 3.05) is 0 Å². The Hall–Kier alpha value is -2.83. The first-order chi connectivity index (χ1) is 12.8. The van der Waals surface area contributed by atoms with E-state index in [1.165, 1.54) is 38.1 Å². The van der Waals surface area contributed by atoms with Crippen LogP contribution in [0, 0.1) is 17.3 Å². The van der Waals surface area contributed by atoms with Gasteiger partial charge in [-0.15, -0.1) is 0 Å². The Bertz CT molecular complexity index is 713. The lowest BCUT2D eigenvalue weighted by Crippen LogP contribution is -2.48. The van der Waals surface area contributed by atoms with Crippen LogP contribution in [0.1, 0.15) is 68.7 Å². The average molecular weight is 392 g/mol. The summed E-state index contributed by atoms with van der Waals surface area (Å²) in [7, 11) is 0. The van der Waals surface area contributed by atoms with Crippen molar-refractivity contribution >= 4 is 29.3 Å². The van der Waals surface area contributed by atoms with Crippen LogP contribution in [0.2, 0.25) is 0 Å². The van der Waals surface area contributed by atoms with E-state index in [1.807, 2.05) is 13.8 Å². The Morgan fingerprint density at radius 3 is 1.39 bits per heavy atom. The van der Waals surface area contributed by atoms with Crippen LogP contribution in [0.5, 0.6) is 0 Å². The van der Waals surface area contributed by atoms with Crippen molar-refractivity contribution in [2.45, 2.75) is 48.0 Å². The minimum Gasteiger partial charge on any atom is -0.478 e. The molecular formula is C21H28O7. The van der Waals surface area contributed by atoms with Crippen molar-refractivity contribution in [3.05, 3.63) is 35.4 Å². The molecule has 154 valence electrons. The molecule has 7 heteroatoms. The molecule has 28 heavy (non-hydrogen) atoms. The van der Waals surface area contributed by atoms with Crippen molar-refractivity contribution < 1.29 is 34.2 Å². The Morgan fingerprint density at radius 2 is 1.18 bits per heavy atom. The molecule has 0 heterocycles. The predicted molar refractivity (Wildman–Crippen MR) is 103 cm³/mol. The fraction of sp³-hybridized carbons (Fsp3) is 0.476. The molecule has 0 aromatic heterocycles. The van der Waals surface area contributed by atoms with Crippen molar-refractivity contribution in [1.29, 1.82) is 0 Å². The lowest BCUT2D eigenvalue weighted by atomic mass is 9.66. The van der Waals surface area contributed by atoms with Gasteiger partial charge >= 0.3 is 11.9 Å². The van der Waals surface area contributed by atoms with Crippen molar-refractivity contribution in [3.8, 4) is 0 Å². The zero-order valence-corrected chi connectivity index (χ0v) is 17.1. The zero-order valence-electron chi connectivity index (χ0n) is 17.1. The van der Waals surface area contributed by atoms with Crippen LogP contribution in [0.15, 0.2) is 24.3 Å². The fourth-order valence-electron chi connectivity index (χ4n) is 3.16. The maximum atomic E-state index is 12.2. The van der Waals surface area contributed by atoms with E-state index in [0.717, 1.165) is 0 Å². The largest absolute Gasteiger partial charge is 0.478 e. The van der Waals surface area contributed by atoms with Crippen molar-refractivity contribution in [2.24, 2.45) is 17.3 Å². The third-order valence-electron chi connectivity index (χ3n) is 4.40. The summed E-state index contributed by atoms with van der Waals surface area (Å²) >= 11 is 0. The molecule has 0 saturated heterocycles. The molecule has 0 bridgehead atoms. The number of carbonyl (C=O) groups excluding carboxylic acids is 3. The summed E-state index contributed by atoms with van der Waals surface area (Å²) in [5.74, 6) is -3.49. The molecule has 0 radical (unpaired) electrons. The molecule has 1 aromatic carbocycles. The molecule has 1 aromatic rings. The van der Waals surface area contributed by atoms with E-state index >= 15 is 0 Å². The quantitative estimate of drug-likeness (QED) is 0.648. The van der Waals surface area contributed by atoms with Gasteiger partial charge in [-0.05, 0) is 37.8 Å². The topological polar surface area (TPSA) is 126 Å². The minimum absolute atomic E-state index is 0.157. The normalized spacial score (nSPS) is 10.9. The highest BCUT2D eigenvalue weighted by Gasteiger charge is 2.49. The van der Waals surface area contributed by atoms with Gasteiger partial charge in [-0.1, -0.05) is 39.8 Å². The first-order valence-electron chi connectivity index (χ1n) is 8.91. The van der Waals surface area contributed by atoms with Gasteiger partial charge in [0.2, 0.25) is 0 Å². The van der Waals surface area contributed by atoms with E-state index in [9.17, 15) is 24.0 Å². The molecule has 0 aliphatic carbocycles. The second-order valence-electron chi connectivity index (χ2n) is 7.25. The molecule has 2 N–H and O–H groups in total. The number of carboxylic acids is 2. The predicted octanol–water partition coefficient (Wildman–Crippen LogP) is 3.51. The minimum atomic E-state index is -1.43. The van der Waals surface area contributed by atoms with Gasteiger partial charge in [0, 0.05) is 6.42 Å². The van der Waals surface area contributed by atoms with E-state index < -0.39 is 17.4 Å². The maximum Gasteiger partial charge on any atom is 0.336 e. The second kappa shape index (κ2) is 10.5. The molecule has 0 fully saturated rings. The number of carbonyl (C=O) groups is 5. The number of hydrogen-bond acceptors (Lipinski definition) is 5. The monoisotopic (exact) mass is 392 g/mol. The zero-order chi connectivity index (χ0) is 22.2. The van der Waals surface area contributed by atoms with E-state index in [0.29, 0.717) is 0 Å². The van der Waals surface area contributed by atoms with Crippen LogP contribution in [0.3, 0.4) is 0 Å². The number of aromatic carboxylic acids is 2. The third kappa shape index (κ3) is 5.84. The number of benzene rings is 1. The smallest absolute Gasteiger partial charge is 0.336 e. The summed E-state index contributed by atoms with van der Waals surface area (Å²) in [6.07, 6.45) is 0.275. The molecule has 0 unspecified atom stereocenters. The molecule has 0 atom stereocenters. The Kier molecular flexibility index (Phi) is 9.43. The Labute approximate surface area is 164 Å². The molecule has 0 spiro atoms. The van der Waals surface area contributed by atoms with Gasteiger partial charge in [0.15, 0.2) is 17.3 Å². The van der Waals surface area contributed by atoms with Gasteiger partial charge in [-0.25, -0.2) is 9.59 Å². The van der Waals surface area contributed by atoms with E-state index in [1.54, 1.807) is 13.8 Å². The molecule has 1 rings (SSSR count). The first-order valence-corrected chi connectivity index (χ1v) is 8.91. The van der Waals surface area contributed by atoms with Crippen LogP contribution < -0.4 is 0 Å². The summed E-state index contributed by atoms with van der Waals surface area (Å²) in [6.45, 7) is 9.98. The molecule has 0 aliphatic heterocycles. The van der Waals surface area contributed by atoms with Crippen molar-refractivity contribution in [1.82, 2.24) is 0 Å². The first kappa shape index (κ1) is 25.2. The number of Topliss-reactive ketones (excluding diaryl/α,β-unsaturated/α-hetero) is 3. The standard InChI is InChI=1S/C13H22O3.C8H6O4/c1-8(2)7-12(16)13(9(3)4,10(5)14)11(6)15;9-7(10)5-3-1-2-4-6(5)8(11)12/h8-9H,7H2,1-6H3;1-4H,(H,9,10)(H,11,12). The van der Waals surface area contributed by atoms with Gasteiger partial charge in [-0.2, -0.15) is 0 Å². The Morgan fingerprint density at radius 1 is 0.821 bits per heavy atom. The SMILES string of the molecule is CC(=O)C(C(C)=O)(C(=O)CC(C)C)C(C)C.O=C(O)c1ccccc1C(=O)O. The van der Waals surface area contributed by atoms with Crippen LogP contribution in [-0.2, 0) is 14.4 Å². The summed E-state index contributed by atoms with van der Waals surface area (Å²) in [6, 6.07) is 5.48. The summed E-state index contributed by atoms with van der Waals surface area (Å²) in [5, 5.41) is 17.1.